The number of halogens is 2. The Morgan fingerprint density at radius 2 is 1.86 bits per heavy atom. The Labute approximate surface area is 174 Å². The molecule has 0 atom stereocenters. The lowest BCUT2D eigenvalue weighted by molar-refractivity contribution is 0.490. The smallest absolute Gasteiger partial charge is 0.261 e. The first-order valence-electron chi connectivity index (χ1n) is 8.93. The Morgan fingerprint density at radius 3 is 2.52 bits per heavy atom. The molecule has 29 heavy (non-hydrogen) atoms. The average Bonchev–Trinajstić information content (AvgIpc) is 3.02. The van der Waals surface area contributed by atoms with Crippen molar-refractivity contribution in [1.82, 2.24) is 15.1 Å². The van der Waals surface area contributed by atoms with E-state index in [1.807, 2.05) is 28.9 Å². The summed E-state index contributed by atoms with van der Waals surface area (Å²) in [4.78, 5) is 0. The third-order valence-electron chi connectivity index (χ3n) is 4.40. The van der Waals surface area contributed by atoms with E-state index >= 15 is 0 Å². The van der Waals surface area contributed by atoms with Gasteiger partial charge in [0.05, 0.1) is 18.5 Å². The molecule has 3 aromatic rings. The van der Waals surface area contributed by atoms with Crippen molar-refractivity contribution in [3.63, 3.8) is 0 Å². The summed E-state index contributed by atoms with van der Waals surface area (Å²) in [6.45, 7) is 2.36. The van der Waals surface area contributed by atoms with Gasteiger partial charge in [-0.25, -0.2) is 4.39 Å². The number of fused-ring (bicyclic) bond motifs is 1. The molecule has 1 aromatic heterocycles. The first-order chi connectivity index (χ1) is 13.7. The first-order valence-corrected chi connectivity index (χ1v) is 11.2. The van der Waals surface area contributed by atoms with Gasteiger partial charge >= 0.3 is 0 Å². The van der Waals surface area contributed by atoms with E-state index in [1.165, 1.54) is 23.4 Å². The van der Waals surface area contributed by atoms with Crippen molar-refractivity contribution >= 4 is 21.7 Å². The lowest BCUT2D eigenvalue weighted by atomic mass is 10.0. The molecule has 0 unspecified atom stereocenters. The summed E-state index contributed by atoms with van der Waals surface area (Å²) in [5, 5.41) is 8.97. The van der Waals surface area contributed by atoms with Crippen LogP contribution in [0.3, 0.4) is 0 Å². The number of rotatable bonds is 3. The van der Waals surface area contributed by atoms with Crippen LogP contribution in [0.4, 0.5) is 4.39 Å². The van der Waals surface area contributed by atoms with E-state index in [4.69, 9.17) is 21.3 Å². The van der Waals surface area contributed by atoms with E-state index in [0.717, 1.165) is 41.4 Å². The summed E-state index contributed by atoms with van der Waals surface area (Å²) in [6, 6.07) is 14.4. The van der Waals surface area contributed by atoms with Crippen LogP contribution in [0.15, 0.2) is 48.5 Å². The van der Waals surface area contributed by atoms with Gasteiger partial charge in [0.15, 0.2) is 0 Å². The van der Waals surface area contributed by atoms with Gasteiger partial charge in [-0.05, 0) is 35.9 Å². The highest BCUT2D eigenvalue weighted by Crippen LogP contribution is 2.29. The second-order valence-electron chi connectivity index (χ2n) is 6.69. The molecule has 0 saturated heterocycles. The van der Waals surface area contributed by atoms with Crippen molar-refractivity contribution in [2.24, 2.45) is 0 Å². The fourth-order valence-electron chi connectivity index (χ4n) is 3.18. The van der Waals surface area contributed by atoms with E-state index in [1.54, 1.807) is 12.1 Å². The maximum atomic E-state index is 13.2. The Balaban J connectivity index is 0.000000431. The minimum atomic E-state index is -3.67. The molecule has 2 aromatic carbocycles. The molecule has 6 nitrogen and oxygen atoms in total. The molecule has 0 spiro atoms. The second-order valence-corrected chi connectivity index (χ2v) is 8.56. The van der Waals surface area contributed by atoms with Crippen LogP contribution in [0.5, 0.6) is 0 Å². The number of hydrogen-bond acceptors (Lipinski definition) is 4. The average molecular weight is 438 g/mol. The van der Waals surface area contributed by atoms with Gasteiger partial charge in [0.25, 0.3) is 10.1 Å². The van der Waals surface area contributed by atoms with Gasteiger partial charge < -0.3 is 5.32 Å². The lowest BCUT2D eigenvalue weighted by Crippen LogP contribution is -2.25. The van der Waals surface area contributed by atoms with Crippen LogP contribution in [0.25, 0.3) is 11.3 Å². The van der Waals surface area contributed by atoms with Crippen LogP contribution >= 0.6 is 11.6 Å². The zero-order valence-corrected chi connectivity index (χ0v) is 17.3. The van der Waals surface area contributed by atoms with E-state index in [9.17, 15) is 12.8 Å². The van der Waals surface area contributed by atoms with Crippen LogP contribution < -0.4 is 5.32 Å². The van der Waals surface area contributed by atoms with Crippen LogP contribution in [0.2, 0.25) is 5.02 Å². The second kappa shape index (κ2) is 9.04. The number of nitrogens with zero attached hydrogens (tertiary/aromatic N) is 2. The zero-order valence-electron chi connectivity index (χ0n) is 15.8. The molecule has 0 aliphatic carbocycles. The standard InChI is InChI=1S/C19H17ClFN3.CH4O3S/c20-17-4-2-1-3-14(17)12-24-18-9-10-22-11-16(18)19(23-24)13-5-7-15(21)8-6-13;1-5(2,3)4/h1-8,22H,9-12H2;1H3,(H,2,3,4). The van der Waals surface area contributed by atoms with Crippen molar-refractivity contribution in [2.75, 3.05) is 12.8 Å². The number of aromatic nitrogens is 2. The zero-order chi connectivity index (χ0) is 21.0. The molecule has 0 amide bonds. The normalized spacial score (nSPS) is 13.4. The molecule has 0 fully saturated rings. The van der Waals surface area contributed by atoms with Gasteiger partial charge in [0, 0.05) is 41.4 Å². The van der Waals surface area contributed by atoms with Crippen LogP contribution in [-0.2, 0) is 29.6 Å². The van der Waals surface area contributed by atoms with Crippen LogP contribution in [0.1, 0.15) is 16.8 Å². The fraction of sp³-hybridized carbons (Fsp3) is 0.250. The van der Waals surface area contributed by atoms with Gasteiger partial charge in [-0.3, -0.25) is 9.23 Å². The molecule has 0 bridgehead atoms. The molecular weight excluding hydrogens is 417 g/mol. The summed E-state index contributed by atoms with van der Waals surface area (Å²) in [6.07, 6.45) is 1.64. The molecule has 9 heteroatoms. The largest absolute Gasteiger partial charge is 0.312 e. The van der Waals surface area contributed by atoms with Gasteiger partial charge in [0.1, 0.15) is 5.82 Å². The lowest BCUT2D eigenvalue weighted by Gasteiger charge is -2.16. The molecule has 0 radical (unpaired) electrons. The maximum absolute atomic E-state index is 13.2. The van der Waals surface area contributed by atoms with Gasteiger partial charge in [-0.15, -0.1) is 0 Å². The summed E-state index contributed by atoms with van der Waals surface area (Å²) in [5.41, 5.74) is 5.33. The molecule has 154 valence electrons. The number of hydrogen-bond donors (Lipinski definition) is 2. The predicted molar refractivity (Wildman–Crippen MR) is 111 cm³/mol. The van der Waals surface area contributed by atoms with Crippen molar-refractivity contribution in [1.29, 1.82) is 0 Å². The van der Waals surface area contributed by atoms with Crippen LogP contribution in [0, 0.1) is 5.82 Å². The van der Waals surface area contributed by atoms with Gasteiger partial charge in [-0.1, -0.05) is 29.8 Å². The van der Waals surface area contributed by atoms with E-state index in [2.05, 4.69) is 5.32 Å². The SMILES string of the molecule is CS(=O)(=O)O.Fc1ccc(-c2nn(Cc3ccccc3Cl)c3c2CNCC3)cc1. The van der Waals surface area contributed by atoms with Gasteiger partial charge in [-0.2, -0.15) is 13.5 Å². The number of nitrogens with one attached hydrogen (secondary N) is 1. The van der Waals surface area contributed by atoms with Crippen molar-refractivity contribution < 1.29 is 17.4 Å². The highest BCUT2D eigenvalue weighted by atomic mass is 35.5. The topological polar surface area (TPSA) is 84.2 Å². The Morgan fingerprint density at radius 1 is 1.21 bits per heavy atom. The molecule has 2 N–H and O–H groups in total. The van der Waals surface area contributed by atoms with Gasteiger partial charge in [0.2, 0.25) is 0 Å². The van der Waals surface area contributed by atoms with E-state index < -0.39 is 10.1 Å². The summed E-state index contributed by atoms with van der Waals surface area (Å²) in [7, 11) is -3.67. The molecule has 0 saturated carbocycles. The third-order valence-corrected chi connectivity index (χ3v) is 4.77. The summed E-state index contributed by atoms with van der Waals surface area (Å²) < 4.78 is 41.1. The predicted octanol–water partition coefficient (Wildman–Crippen LogP) is 3.54. The molecule has 1 aliphatic heterocycles. The van der Waals surface area contributed by atoms with E-state index in [-0.39, 0.29) is 5.82 Å². The highest BCUT2D eigenvalue weighted by molar-refractivity contribution is 7.85. The van der Waals surface area contributed by atoms with Crippen molar-refractivity contribution in [2.45, 2.75) is 19.5 Å². The third kappa shape index (κ3) is 5.86. The minimum Gasteiger partial charge on any atom is -0.312 e. The molecular formula is C20H21ClFN3O3S. The first kappa shape index (κ1) is 21.4. The molecule has 4 rings (SSSR count). The molecule has 1 aliphatic rings. The maximum Gasteiger partial charge on any atom is 0.261 e. The van der Waals surface area contributed by atoms with E-state index in [0.29, 0.717) is 12.8 Å². The monoisotopic (exact) mass is 437 g/mol. The molecule has 2 heterocycles. The number of benzene rings is 2. The Hall–Kier alpha value is -2.26. The Bertz CT molecular complexity index is 1090. The quantitative estimate of drug-likeness (QED) is 0.612. The van der Waals surface area contributed by atoms with Crippen molar-refractivity contribution in [3.05, 3.63) is 76.2 Å². The fourth-order valence-corrected chi connectivity index (χ4v) is 3.37. The Kier molecular flexibility index (Phi) is 6.69. The van der Waals surface area contributed by atoms with Crippen molar-refractivity contribution in [3.8, 4) is 11.3 Å². The summed E-state index contributed by atoms with van der Waals surface area (Å²) in [5.74, 6) is -0.235. The summed E-state index contributed by atoms with van der Waals surface area (Å²) >= 11 is 6.30. The van der Waals surface area contributed by atoms with Crippen LogP contribution in [-0.4, -0.2) is 35.6 Å². The highest BCUT2D eigenvalue weighted by Gasteiger charge is 2.22. The minimum absolute atomic E-state index is 0.235.